The summed E-state index contributed by atoms with van der Waals surface area (Å²) in [4.78, 5) is 0. The number of fused-ring (bicyclic) bond motifs is 1. The number of hydrogen-bond donors (Lipinski definition) is 1. The van der Waals surface area contributed by atoms with Gasteiger partial charge in [0.05, 0.1) is 6.04 Å². The van der Waals surface area contributed by atoms with Gasteiger partial charge >= 0.3 is 0 Å². The highest BCUT2D eigenvalue weighted by Crippen LogP contribution is 2.41. The van der Waals surface area contributed by atoms with Crippen molar-refractivity contribution in [1.29, 1.82) is 0 Å². The number of nitrogens with two attached hydrogens (primary N) is 1. The van der Waals surface area contributed by atoms with Crippen LogP contribution in [0.4, 0.5) is 0 Å². The Morgan fingerprint density at radius 2 is 2.04 bits per heavy atom. The Labute approximate surface area is 154 Å². The predicted molar refractivity (Wildman–Crippen MR) is 102 cm³/mol. The van der Waals surface area contributed by atoms with E-state index < -0.39 is 0 Å². The summed E-state index contributed by atoms with van der Waals surface area (Å²) in [7, 11) is 0. The molecule has 0 aliphatic carbocycles. The zero-order valence-corrected chi connectivity index (χ0v) is 15.4. The van der Waals surface area contributed by atoms with E-state index in [-0.39, 0.29) is 12.1 Å². The van der Waals surface area contributed by atoms with Gasteiger partial charge in [0.25, 0.3) is 0 Å². The normalized spacial score (nSPS) is 26.3. The first-order chi connectivity index (χ1) is 12.1. The van der Waals surface area contributed by atoms with Crippen LogP contribution in [-0.2, 0) is 12.8 Å². The van der Waals surface area contributed by atoms with Crippen molar-refractivity contribution in [3.8, 4) is 5.75 Å². The molecule has 25 heavy (non-hydrogen) atoms. The Balaban J connectivity index is 1.65. The van der Waals surface area contributed by atoms with Gasteiger partial charge in [-0.25, -0.2) is 5.01 Å². The lowest BCUT2D eigenvalue weighted by atomic mass is 9.81. The SMILES string of the molecule is CC1Cc2cc(Cl)cc(C[C@@H]3CCCN(N)[C@@H]3c3ccccc3)c2O1. The van der Waals surface area contributed by atoms with Gasteiger partial charge in [-0.2, -0.15) is 0 Å². The Kier molecular flexibility index (Phi) is 4.72. The lowest BCUT2D eigenvalue weighted by Crippen LogP contribution is -2.44. The van der Waals surface area contributed by atoms with Crippen molar-refractivity contribution in [3.63, 3.8) is 0 Å². The van der Waals surface area contributed by atoms with E-state index in [0.717, 1.165) is 36.6 Å². The highest BCUT2D eigenvalue weighted by Gasteiger charge is 2.33. The van der Waals surface area contributed by atoms with Crippen LogP contribution in [0.2, 0.25) is 5.02 Å². The smallest absolute Gasteiger partial charge is 0.126 e. The molecule has 2 aromatic rings. The number of benzene rings is 2. The minimum atomic E-state index is 0.231. The van der Waals surface area contributed by atoms with Crippen molar-refractivity contribution < 1.29 is 4.74 Å². The summed E-state index contributed by atoms with van der Waals surface area (Å²) >= 11 is 6.39. The third-order valence-corrected chi connectivity index (χ3v) is 5.67. The molecule has 0 amide bonds. The molecule has 1 unspecified atom stereocenters. The van der Waals surface area contributed by atoms with Crippen molar-refractivity contribution >= 4 is 11.6 Å². The molecule has 2 aromatic carbocycles. The fourth-order valence-corrected chi connectivity index (χ4v) is 4.70. The van der Waals surface area contributed by atoms with Crippen LogP contribution in [0.3, 0.4) is 0 Å². The second-order valence-electron chi connectivity index (χ2n) is 7.39. The van der Waals surface area contributed by atoms with Gasteiger partial charge in [0.15, 0.2) is 0 Å². The Morgan fingerprint density at radius 1 is 1.24 bits per heavy atom. The van der Waals surface area contributed by atoms with Crippen molar-refractivity contribution in [2.45, 2.75) is 44.8 Å². The van der Waals surface area contributed by atoms with Gasteiger partial charge in [0.1, 0.15) is 11.9 Å². The molecule has 4 heteroatoms. The third-order valence-electron chi connectivity index (χ3n) is 5.45. The van der Waals surface area contributed by atoms with Crippen LogP contribution in [0.15, 0.2) is 42.5 Å². The topological polar surface area (TPSA) is 38.5 Å². The van der Waals surface area contributed by atoms with Crippen LogP contribution in [0.25, 0.3) is 0 Å². The molecule has 2 aliphatic heterocycles. The minimum Gasteiger partial charge on any atom is -0.490 e. The van der Waals surface area contributed by atoms with Crippen LogP contribution in [0.5, 0.6) is 5.75 Å². The lowest BCUT2D eigenvalue weighted by Gasteiger charge is -2.39. The van der Waals surface area contributed by atoms with Gasteiger partial charge in [0.2, 0.25) is 0 Å². The maximum Gasteiger partial charge on any atom is 0.126 e. The molecular formula is C21H25ClN2O. The van der Waals surface area contributed by atoms with E-state index in [9.17, 15) is 0 Å². The maximum atomic E-state index is 6.40. The Hall–Kier alpha value is -1.55. The average molecular weight is 357 g/mol. The Bertz CT molecular complexity index is 749. The quantitative estimate of drug-likeness (QED) is 0.821. The second-order valence-corrected chi connectivity index (χ2v) is 7.82. The number of hydrogen-bond acceptors (Lipinski definition) is 3. The van der Waals surface area contributed by atoms with E-state index in [2.05, 4.69) is 49.4 Å². The average Bonchev–Trinajstić information content (AvgIpc) is 2.96. The maximum absolute atomic E-state index is 6.40. The summed E-state index contributed by atoms with van der Waals surface area (Å²) in [5.74, 6) is 7.91. The summed E-state index contributed by atoms with van der Waals surface area (Å²) in [6, 6.07) is 15.0. The number of halogens is 1. The summed E-state index contributed by atoms with van der Waals surface area (Å²) in [6.07, 6.45) is 4.42. The number of nitrogens with zero attached hydrogens (tertiary/aromatic N) is 1. The van der Waals surface area contributed by atoms with Crippen molar-refractivity contribution in [2.75, 3.05) is 6.54 Å². The van der Waals surface area contributed by atoms with E-state index in [0.29, 0.717) is 5.92 Å². The second kappa shape index (κ2) is 6.99. The molecular weight excluding hydrogens is 332 g/mol. The highest BCUT2D eigenvalue weighted by atomic mass is 35.5. The van der Waals surface area contributed by atoms with Crippen molar-refractivity contribution in [3.05, 3.63) is 64.2 Å². The molecule has 0 saturated carbocycles. The molecule has 0 aromatic heterocycles. The molecule has 3 atom stereocenters. The number of hydrazine groups is 1. The first-order valence-corrected chi connectivity index (χ1v) is 9.54. The molecule has 2 aliphatic rings. The molecule has 2 N–H and O–H groups in total. The molecule has 3 nitrogen and oxygen atoms in total. The molecule has 0 bridgehead atoms. The summed E-state index contributed by atoms with van der Waals surface area (Å²) < 4.78 is 6.10. The molecule has 1 fully saturated rings. The highest BCUT2D eigenvalue weighted by molar-refractivity contribution is 6.30. The monoisotopic (exact) mass is 356 g/mol. The zero-order valence-electron chi connectivity index (χ0n) is 14.6. The van der Waals surface area contributed by atoms with Gasteiger partial charge in [-0.15, -0.1) is 0 Å². The molecule has 0 radical (unpaired) electrons. The van der Waals surface area contributed by atoms with Gasteiger partial charge < -0.3 is 4.74 Å². The molecule has 132 valence electrons. The zero-order chi connectivity index (χ0) is 17.4. The van der Waals surface area contributed by atoms with Gasteiger partial charge in [0, 0.05) is 18.0 Å². The number of rotatable bonds is 3. The van der Waals surface area contributed by atoms with Crippen LogP contribution in [0.1, 0.15) is 42.5 Å². The first-order valence-electron chi connectivity index (χ1n) is 9.16. The summed E-state index contributed by atoms with van der Waals surface area (Å²) in [6.45, 7) is 3.06. The van der Waals surface area contributed by atoms with E-state index in [1.54, 1.807) is 0 Å². The van der Waals surface area contributed by atoms with Crippen LogP contribution < -0.4 is 10.6 Å². The molecule has 2 heterocycles. The molecule has 0 spiro atoms. The Morgan fingerprint density at radius 3 is 2.84 bits per heavy atom. The summed E-state index contributed by atoms with van der Waals surface area (Å²) in [5, 5.41) is 2.82. The first kappa shape index (κ1) is 16.9. The van der Waals surface area contributed by atoms with Gasteiger partial charge in [-0.3, -0.25) is 5.84 Å². The van der Waals surface area contributed by atoms with E-state index >= 15 is 0 Å². The van der Waals surface area contributed by atoms with Gasteiger partial charge in [-0.1, -0.05) is 41.9 Å². The van der Waals surface area contributed by atoms with Crippen molar-refractivity contribution in [2.24, 2.45) is 11.8 Å². The largest absolute Gasteiger partial charge is 0.490 e. The molecule has 1 saturated heterocycles. The van der Waals surface area contributed by atoms with Crippen molar-refractivity contribution in [1.82, 2.24) is 5.01 Å². The number of ether oxygens (including phenoxy) is 1. The van der Waals surface area contributed by atoms with Gasteiger partial charge in [-0.05, 0) is 60.9 Å². The predicted octanol–water partition coefficient (Wildman–Crippen LogP) is 4.53. The minimum absolute atomic E-state index is 0.231. The fourth-order valence-electron chi connectivity index (χ4n) is 4.43. The van der Waals surface area contributed by atoms with Crippen LogP contribution in [-0.4, -0.2) is 17.7 Å². The standard InChI is InChI=1S/C21H25ClN2O/c1-14-10-17-12-19(22)13-18(21(17)25-14)11-16-8-5-9-24(23)20(16)15-6-3-2-4-7-15/h2-4,6-7,12-14,16,20H,5,8-11,23H2,1H3/t14?,16-,20+/m0/s1. The van der Waals surface area contributed by atoms with E-state index in [4.69, 9.17) is 22.2 Å². The summed E-state index contributed by atoms with van der Waals surface area (Å²) in [5.41, 5.74) is 3.77. The van der Waals surface area contributed by atoms with E-state index in [1.807, 2.05) is 5.01 Å². The lowest BCUT2D eigenvalue weighted by molar-refractivity contribution is 0.0921. The number of piperidine rings is 1. The fraction of sp³-hybridized carbons (Fsp3) is 0.429. The van der Waals surface area contributed by atoms with E-state index in [1.165, 1.54) is 23.1 Å². The van der Waals surface area contributed by atoms with Crippen LogP contribution in [0, 0.1) is 5.92 Å². The molecule has 4 rings (SSSR count). The van der Waals surface area contributed by atoms with Crippen LogP contribution >= 0.6 is 11.6 Å². The third kappa shape index (κ3) is 3.41.